The summed E-state index contributed by atoms with van der Waals surface area (Å²) >= 11 is 5.96. The molecular weight excluding hydrogens is 475 g/mol. The van der Waals surface area contributed by atoms with Gasteiger partial charge < -0.3 is 9.32 Å². The molecule has 1 amide bonds. The summed E-state index contributed by atoms with van der Waals surface area (Å²) in [7, 11) is 0. The van der Waals surface area contributed by atoms with E-state index in [0.717, 1.165) is 22.3 Å². The van der Waals surface area contributed by atoms with Gasteiger partial charge in [0.05, 0.1) is 0 Å². The number of benzene rings is 3. The van der Waals surface area contributed by atoms with Crippen molar-refractivity contribution in [2.45, 2.75) is 32.1 Å². The number of furan rings is 1. The topological polar surface area (TPSA) is 33.5 Å². The molecule has 0 bridgehead atoms. The molecular formula is C28H23ClF3NO2. The summed E-state index contributed by atoms with van der Waals surface area (Å²) in [4.78, 5) is 14.3. The Morgan fingerprint density at radius 1 is 0.971 bits per heavy atom. The average molecular weight is 498 g/mol. The number of piperidine rings is 1. The third kappa shape index (κ3) is 4.67. The second-order valence-corrected chi connectivity index (χ2v) is 9.29. The molecule has 0 unspecified atom stereocenters. The van der Waals surface area contributed by atoms with Crippen LogP contribution in [0.15, 0.2) is 65.1 Å². The van der Waals surface area contributed by atoms with Gasteiger partial charge in [0.2, 0.25) is 0 Å². The minimum absolute atomic E-state index is 0.0422. The Balaban J connectivity index is 1.50. The van der Waals surface area contributed by atoms with Crippen molar-refractivity contribution >= 4 is 28.5 Å². The molecule has 0 N–H and O–H groups in total. The van der Waals surface area contributed by atoms with Gasteiger partial charge in [-0.2, -0.15) is 0 Å². The minimum atomic E-state index is -2.70. The molecule has 0 atom stereocenters. The van der Waals surface area contributed by atoms with Gasteiger partial charge in [0, 0.05) is 59.5 Å². The van der Waals surface area contributed by atoms with Crippen molar-refractivity contribution in [2.24, 2.45) is 0 Å². The summed E-state index contributed by atoms with van der Waals surface area (Å²) in [6.45, 7) is 2.07. The summed E-state index contributed by atoms with van der Waals surface area (Å²) in [6, 6.07) is 17.4. The Morgan fingerprint density at radius 2 is 1.69 bits per heavy atom. The SMILES string of the molecule is CCc1cc2cc(-c3ccc(C(=O)N4CCC(F)(F)CC4)cc3)cc(-c3ccc(Cl)cc3F)c2o1. The lowest BCUT2D eigenvalue weighted by Gasteiger charge is -2.31. The number of halogens is 4. The van der Waals surface area contributed by atoms with E-state index in [0.29, 0.717) is 33.7 Å². The predicted octanol–water partition coefficient (Wildman–Crippen LogP) is 7.99. The number of nitrogens with zero attached hydrogens (tertiary/aromatic N) is 1. The highest BCUT2D eigenvalue weighted by Crippen LogP contribution is 2.38. The van der Waals surface area contributed by atoms with Crippen LogP contribution < -0.4 is 0 Å². The third-order valence-corrected chi connectivity index (χ3v) is 6.72. The second-order valence-electron chi connectivity index (χ2n) is 8.86. The van der Waals surface area contributed by atoms with E-state index in [4.69, 9.17) is 16.0 Å². The molecule has 180 valence electrons. The van der Waals surface area contributed by atoms with E-state index in [9.17, 15) is 18.0 Å². The van der Waals surface area contributed by atoms with Crippen LogP contribution in [0.2, 0.25) is 5.02 Å². The zero-order valence-electron chi connectivity index (χ0n) is 19.1. The molecule has 0 aliphatic carbocycles. The number of hydrogen-bond donors (Lipinski definition) is 0. The van der Waals surface area contributed by atoms with Crippen LogP contribution in [0.4, 0.5) is 13.2 Å². The molecule has 7 heteroatoms. The van der Waals surface area contributed by atoms with Gasteiger partial charge in [0.15, 0.2) is 0 Å². The molecule has 4 aromatic rings. The first kappa shape index (κ1) is 23.5. The van der Waals surface area contributed by atoms with Crippen LogP contribution >= 0.6 is 11.6 Å². The average Bonchev–Trinajstić information content (AvgIpc) is 3.27. The summed E-state index contributed by atoms with van der Waals surface area (Å²) < 4.78 is 47.7. The first-order chi connectivity index (χ1) is 16.7. The normalized spacial score (nSPS) is 15.5. The fraction of sp³-hybridized carbons (Fsp3) is 0.250. The van der Waals surface area contributed by atoms with Crippen molar-refractivity contribution in [2.75, 3.05) is 13.1 Å². The smallest absolute Gasteiger partial charge is 0.253 e. The van der Waals surface area contributed by atoms with Gasteiger partial charge in [-0.25, -0.2) is 13.2 Å². The molecule has 1 aromatic heterocycles. The molecule has 0 saturated carbocycles. The van der Waals surface area contributed by atoms with E-state index >= 15 is 0 Å². The molecule has 0 radical (unpaired) electrons. The van der Waals surface area contributed by atoms with E-state index in [1.807, 2.05) is 37.3 Å². The summed E-state index contributed by atoms with van der Waals surface area (Å²) in [6.07, 6.45) is 0.0719. The van der Waals surface area contributed by atoms with E-state index in [-0.39, 0.29) is 31.8 Å². The number of hydrogen-bond acceptors (Lipinski definition) is 2. The number of aryl methyl sites for hydroxylation is 1. The first-order valence-electron chi connectivity index (χ1n) is 11.5. The maximum absolute atomic E-state index is 14.8. The standard InChI is InChI=1S/C28H23ClF3NO2/c1-2-22-14-20-13-19(15-24(26(20)35-22)23-8-7-21(29)16-25(23)30)17-3-5-18(6-4-17)27(34)33-11-9-28(31,32)10-12-33/h3-8,13-16H,2,9-12H2,1H3. The third-order valence-electron chi connectivity index (χ3n) is 6.48. The number of alkyl halides is 2. The van der Waals surface area contributed by atoms with E-state index < -0.39 is 11.7 Å². The number of rotatable bonds is 4. The molecule has 1 saturated heterocycles. The van der Waals surface area contributed by atoms with Gasteiger partial charge >= 0.3 is 0 Å². The van der Waals surface area contributed by atoms with Gasteiger partial charge in [0.25, 0.3) is 11.8 Å². The molecule has 1 aliphatic heterocycles. The highest BCUT2D eigenvalue weighted by molar-refractivity contribution is 6.30. The highest BCUT2D eigenvalue weighted by atomic mass is 35.5. The van der Waals surface area contributed by atoms with Gasteiger partial charge in [-0.05, 0) is 59.7 Å². The zero-order chi connectivity index (χ0) is 24.7. The number of carbonyl (C=O) groups is 1. The van der Waals surface area contributed by atoms with Crippen LogP contribution in [-0.2, 0) is 6.42 Å². The zero-order valence-corrected chi connectivity index (χ0v) is 19.8. The lowest BCUT2D eigenvalue weighted by molar-refractivity contribution is -0.0494. The van der Waals surface area contributed by atoms with Crippen LogP contribution in [0.3, 0.4) is 0 Å². The van der Waals surface area contributed by atoms with Crippen LogP contribution in [-0.4, -0.2) is 29.8 Å². The van der Waals surface area contributed by atoms with E-state index in [1.165, 1.54) is 11.0 Å². The number of fused-ring (bicyclic) bond motifs is 1. The Hall–Kier alpha value is -3.25. The number of likely N-dealkylation sites (tertiary alicyclic amines) is 1. The first-order valence-corrected chi connectivity index (χ1v) is 11.9. The summed E-state index contributed by atoms with van der Waals surface area (Å²) in [5.41, 5.74) is 3.71. The van der Waals surface area contributed by atoms with Crippen molar-refractivity contribution in [3.05, 3.63) is 82.8 Å². The van der Waals surface area contributed by atoms with Crippen molar-refractivity contribution in [3.63, 3.8) is 0 Å². The van der Waals surface area contributed by atoms with Crippen molar-refractivity contribution in [1.29, 1.82) is 0 Å². The Morgan fingerprint density at radius 3 is 2.34 bits per heavy atom. The summed E-state index contributed by atoms with van der Waals surface area (Å²) in [5, 5.41) is 1.16. The molecule has 2 heterocycles. The van der Waals surface area contributed by atoms with Crippen LogP contribution in [0.5, 0.6) is 0 Å². The molecule has 3 aromatic carbocycles. The van der Waals surface area contributed by atoms with Gasteiger partial charge in [-0.15, -0.1) is 0 Å². The molecule has 0 spiro atoms. The fourth-order valence-corrected chi connectivity index (χ4v) is 4.64. The molecule has 35 heavy (non-hydrogen) atoms. The number of amides is 1. The van der Waals surface area contributed by atoms with Crippen LogP contribution in [0, 0.1) is 5.82 Å². The lowest BCUT2D eigenvalue weighted by atomic mass is 9.95. The Bertz CT molecular complexity index is 1400. The number of carbonyl (C=O) groups excluding carboxylic acids is 1. The minimum Gasteiger partial charge on any atom is -0.460 e. The van der Waals surface area contributed by atoms with Gasteiger partial charge in [-0.1, -0.05) is 30.7 Å². The second kappa shape index (κ2) is 9.08. The monoisotopic (exact) mass is 497 g/mol. The molecule has 5 rings (SSSR count). The molecule has 3 nitrogen and oxygen atoms in total. The predicted molar refractivity (Wildman–Crippen MR) is 132 cm³/mol. The quantitative estimate of drug-likeness (QED) is 0.286. The van der Waals surface area contributed by atoms with Crippen molar-refractivity contribution in [3.8, 4) is 22.3 Å². The Labute approximate surface area is 206 Å². The van der Waals surface area contributed by atoms with Crippen LogP contribution in [0.1, 0.15) is 35.9 Å². The Kier molecular flexibility index (Phi) is 6.09. The largest absolute Gasteiger partial charge is 0.460 e. The van der Waals surface area contributed by atoms with Crippen molar-refractivity contribution in [1.82, 2.24) is 4.90 Å². The van der Waals surface area contributed by atoms with Gasteiger partial charge in [-0.3, -0.25) is 4.79 Å². The van der Waals surface area contributed by atoms with Gasteiger partial charge in [0.1, 0.15) is 17.2 Å². The lowest BCUT2D eigenvalue weighted by Crippen LogP contribution is -2.42. The van der Waals surface area contributed by atoms with E-state index in [2.05, 4.69) is 0 Å². The van der Waals surface area contributed by atoms with E-state index in [1.54, 1.807) is 24.3 Å². The summed E-state index contributed by atoms with van der Waals surface area (Å²) in [5.74, 6) is -2.61. The molecule has 1 aliphatic rings. The van der Waals surface area contributed by atoms with Crippen molar-refractivity contribution < 1.29 is 22.4 Å². The highest BCUT2D eigenvalue weighted by Gasteiger charge is 2.35. The van der Waals surface area contributed by atoms with Crippen LogP contribution in [0.25, 0.3) is 33.2 Å². The maximum atomic E-state index is 14.8. The fourth-order valence-electron chi connectivity index (χ4n) is 4.48. The maximum Gasteiger partial charge on any atom is 0.253 e. The molecule has 1 fully saturated rings.